The molecule has 1 aromatic heterocycles. The fourth-order valence-corrected chi connectivity index (χ4v) is 3.33. The molecule has 7 heteroatoms. The monoisotopic (exact) mass is 376 g/mol. The van der Waals surface area contributed by atoms with Gasteiger partial charge in [0.2, 0.25) is 17.3 Å². The normalized spacial score (nSPS) is 13.6. The second kappa shape index (κ2) is 6.77. The highest BCUT2D eigenvalue weighted by Gasteiger charge is 2.37. The summed E-state index contributed by atoms with van der Waals surface area (Å²) in [5, 5.41) is 9.21. The minimum atomic E-state index is -0.982. The number of aromatic nitrogens is 1. The summed E-state index contributed by atoms with van der Waals surface area (Å²) in [5.74, 6) is -1.91. The highest BCUT2D eigenvalue weighted by atomic mass is 16.4. The number of carbonyl (C=O) groups is 3. The van der Waals surface area contributed by atoms with Crippen molar-refractivity contribution in [3.05, 3.63) is 77.2 Å². The Labute approximate surface area is 160 Å². The second-order valence-corrected chi connectivity index (χ2v) is 6.53. The summed E-state index contributed by atoms with van der Waals surface area (Å²) in [6.45, 7) is 1.71. The number of nitrogens with zero attached hydrogens (tertiary/aromatic N) is 2. The summed E-state index contributed by atoms with van der Waals surface area (Å²) in [4.78, 5) is 42.7. The van der Waals surface area contributed by atoms with E-state index in [1.165, 1.54) is 0 Å². The second-order valence-electron chi connectivity index (χ2n) is 6.53. The summed E-state index contributed by atoms with van der Waals surface area (Å²) >= 11 is 0. The molecule has 1 aliphatic rings. The summed E-state index contributed by atoms with van der Waals surface area (Å²) < 4.78 is 5.72. The maximum absolute atomic E-state index is 12.8. The van der Waals surface area contributed by atoms with E-state index in [-0.39, 0.29) is 40.8 Å². The Bertz CT molecular complexity index is 1030. The molecule has 0 saturated carbocycles. The SMILES string of the molecule is CC(CC(=O)O)N(c1ccccc1)c1nc2c(o1)C(=O)c1ccccc1C2=O. The average Bonchev–Trinajstić information content (AvgIpc) is 3.12. The number of carbonyl (C=O) groups excluding carboxylic acids is 2. The number of benzene rings is 2. The number of hydrogen-bond acceptors (Lipinski definition) is 6. The molecule has 0 bridgehead atoms. The van der Waals surface area contributed by atoms with Crippen molar-refractivity contribution in [3.8, 4) is 0 Å². The quantitative estimate of drug-likeness (QED) is 0.569. The van der Waals surface area contributed by atoms with E-state index in [1.807, 2.05) is 6.07 Å². The Morgan fingerprint density at radius 3 is 2.29 bits per heavy atom. The van der Waals surface area contributed by atoms with Crippen molar-refractivity contribution in [1.29, 1.82) is 0 Å². The molecular formula is C21H16N2O5. The molecule has 0 aliphatic heterocycles. The fourth-order valence-electron chi connectivity index (χ4n) is 3.33. The predicted octanol–water partition coefficient (Wildman–Crippen LogP) is 3.45. The molecule has 7 nitrogen and oxygen atoms in total. The lowest BCUT2D eigenvalue weighted by molar-refractivity contribution is -0.137. The number of rotatable bonds is 5. The van der Waals surface area contributed by atoms with E-state index in [0.717, 1.165) is 0 Å². The van der Waals surface area contributed by atoms with Gasteiger partial charge in [0, 0.05) is 22.9 Å². The molecular weight excluding hydrogens is 360 g/mol. The van der Waals surface area contributed by atoms with Crippen molar-refractivity contribution in [1.82, 2.24) is 4.98 Å². The number of ketones is 2. The van der Waals surface area contributed by atoms with Crippen LogP contribution in [0.5, 0.6) is 0 Å². The highest BCUT2D eigenvalue weighted by Crippen LogP contribution is 2.34. The number of aliphatic carboxylic acids is 1. The van der Waals surface area contributed by atoms with Gasteiger partial charge in [-0.05, 0) is 19.1 Å². The molecule has 28 heavy (non-hydrogen) atoms. The summed E-state index contributed by atoms with van der Waals surface area (Å²) in [6, 6.07) is 15.0. The zero-order valence-electron chi connectivity index (χ0n) is 15.0. The van der Waals surface area contributed by atoms with Gasteiger partial charge in [-0.15, -0.1) is 0 Å². The van der Waals surface area contributed by atoms with Gasteiger partial charge in [0.05, 0.1) is 6.42 Å². The predicted molar refractivity (Wildman–Crippen MR) is 100 cm³/mol. The molecule has 1 unspecified atom stereocenters. The van der Waals surface area contributed by atoms with E-state index >= 15 is 0 Å². The summed E-state index contributed by atoms with van der Waals surface area (Å²) in [5.41, 5.74) is 1.15. The molecule has 0 spiro atoms. The average molecular weight is 376 g/mol. The Hall–Kier alpha value is -3.74. The van der Waals surface area contributed by atoms with Crippen LogP contribution in [0.15, 0.2) is 59.0 Å². The van der Waals surface area contributed by atoms with E-state index in [9.17, 15) is 19.5 Å². The van der Waals surface area contributed by atoms with Crippen molar-refractivity contribution in [2.45, 2.75) is 19.4 Å². The molecule has 3 aromatic rings. The van der Waals surface area contributed by atoms with E-state index in [4.69, 9.17) is 4.42 Å². The van der Waals surface area contributed by atoms with Crippen molar-refractivity contribution in [2.75, 3.05) is 4.90 Å². The lowest BCUT2D eigenvalue weighted by Crippen LogP contribution is -2.30. The Kier molecular flexibility index (Phi) is 4.27. The highest BCUT2D eigenvalue weighted by molar-refractivity contribution is 6.26. The molecule has 1 N–H and O–H groups in total. The third kappa shape index (κ3) is 2.87. The third-order valence-electron chi connectivity index (χ3n) is 4.60. The number of para-hydroxylation sites is 1. The van der Waals surface area contributed by atoms with Crippen molar-refractivity contribution < 1.29 is 23.9 Å². The lowest BCUT2D eigenvalue weighted by atomic mass is 9.91. The third-order valence-corrected chi connectivity index (χ3v) is 4.60. The van der Waals surface area contributed by atoms with Crippen LogP contribution < -0.4 is 4.90 Å². The standard InChI is InChI=1S/C21H16N2O5/c1-12(11-16(24)25)23(13-7-3-2-4-8-13)21-22-17-18(26)14-9-5-6-10-15(14)19(27)20(17)28-21/h2-10,12H,11H2,1H3,(H,24,25). The Balaban J connectivity index is 1.83. The van der Waals surface area contributed by atoms with Crippen LogP contribution in [-0.4, -0.2) is 33.7 Å². The van der Waals surface area contributed by atoms with Crippen LogP contribution in [0.2, 0.25) is 0 Å². The maximum atomic E-state index is 12.8. The lowest BCUT2D eigenvalue weighted by Gasteiger charge is -2.26. The molecule has 0 amide bonds. The van der Waals surface area contributed by atoms with Gasteiger partial charge >= 0.3 is 12.0 Å². The van der Waals surface area contributed by atoms with Crippen LogP contribution in [-0.2, 0) is 4.79 Å². The number of oxazole rings is 1. The largest absolute Gasteiger partial charge is 0.481 e. The van der Waals surface area contributed by atoms with E-state index < -0.39 is 17.8 Å². The number of carboxylic acids is 1. The molecule has 1 heterocycles. The fraction of sp³-hybridized carbons (Fsp3) is 0.143. The van der Waals surface area contributed by atoms with Crippen LogP contribution >= 0.6 is 0 Å². The minimum absolute atomic E-state index is 0.0134. The molecule has 0 fully saturated rings. The van der Waals surface area contributed by atoms with Crippen LogP contribution in [0.1, 0.15) is 45.5 Å². The zero-order chi connectivity index (χ0) is 19.8. The van der Waals surface area contributed by atoms with Gasteiger partial charge in [-0.1, -0.05) is 42.5 Å². The molecule has 4 rings (SSSR count). The van der Waals surface area contributed by atoms with Gasteiger partial charge in [0.25, 0.3) is 0 Å². The number of fused-ring (bicyclic) bond motifs is 2. The summed E-state index contributed by atoms with van der Waals surface area (Å²) in [7, 11) is 0. The smallest absolute Gasteiger partial charge is 0.305 e. The number of hydrogen-bond donors (Lipinski definition) is 1. The van der Waals surface area contributed by atoms with Crippen LogP contribution in [0.3, 0.4) is 0 Å². The van der Waals surface area contributed by atoms with E-state index in [0.29, 0.717) is 5.69 Å². The topological polar surface area (TPSA) is 101 Å². The van der Waals surface area contributed by atoms with E-state index in [1.54, 1.807) is 60.4 Å². The molecule has 0 saturated heterocycles. The van der Waals surface area contributed by atoms with Crippen molar-refractivity contribution in [3.63, 3.8) is 0 Å². The van der Waals surface area contributed by atoms with E-state index in [2.05, 4.69) is 4.98 Å². The van der Waals surface area contributed by atoms with Crippen LogP contribution in [0.25, 0.3) is 0 Å². The van der Waals surface area contributed by atoms with Gasteiger partial charge in [-0.25, -0.2) is 0 Å². The van der Waals surface area contributed by atoms with Crippen LogP contribution in [0.4, 0.5) is 11.7 Å². The number of carboxylic acid groups (broad SMARTS) is 1. The molecule has 1 aliphatic carbocycles. The van der Waals surface area contributed by atoms with Crippen LogP contribution in [0, 0.1) is 0 Å². The van der Waals surface area contributed by atoms with Gasteiger partial charge in [-0.2, -0.15) is 4.98 Å². The first-order valence-corrected chi connectivity index (χ1v) is 8.72. The maximum Gasteiger partial charge on any atom is 0.305 e. The van der Waals surface area contributed by atoms with Gasteiger partial charge in [0.15, 0.2) is 5.69 Å². The first kappa shape index (κ1) is 17.7. The first-order chi connectivity index (χ1) is 13.5. The molecule has 1 atom stereocenters. The Morgan fingerprint density at radius 1 is 1.04 bits per heavy atom. The molecule has 2 aromatic carbocycles. The van der Waals surface area contributed by atoms with Gasteiger partial charge < -0.3 is 9.52 Å². The summed E-state index contributed by atoms with van der Waals surface area (Å²) in [6.07, 6.45) is -0.177. The Morgan fingerprint density at radius 2 is 1.64 bits per heavy atom. The van der Waals surface area contributed by atoms with Crippen molar-refractivity contribution >= 4 is 29.2 Å². The van der Waals surface area contributed by atoms with Gasteiger partial charge in [0.1, 0.15) is 0 Å². The zero-order valence-corrected chi connectivity index (χ0v) is 15.0. The number of anilines is 2. The minimum Gasteiger partial charge on any atom is -0.481 e. The molecule has 140 valence electrons. The first-order valence-electron chi connectivity index (χ1n) is 8.72. The van der Waals surface area contributed by atoms with Crippen molar-refractivity contribution in [2.24, 2.45) is 0 Å². The van der Waals surface area contributed by atoms with Gasteiger partial charge in [-0.3, -0.25) is 19.3 Å². The molecule has 0 radical (unpaired) electrons.